The molecule has 0 rings (SSSR count). The van der Waals surface area contributed by atoms with E-state index in [1.165, 1.54) is 6.92 Å². The Labute approximate surface area is 54.2 Å². The third kappa shape index (κ3) is 2.06. The van der Waals surface area contributed by atoms with Gasteiger partial charge in [-0.05, 0) is 13.3 Å². The lowest BCUT2D eigenvalue weighted by molar-refractivity contribution is 0.328. The Bertz CT molecular complexity index is 139. The van der Waals surface area contributed by atoms with Gasteiger partial charge in [-0.2, -0.15) is 0 Å². The minimum absolute atomic E-state index is 0.275. The molecular weight excluding hydrogens is 141 g/mol. The molecular formula is C4H12NO3P. The molecule has 9 heavy (non-hydrogen) atoms. The summed E-state index contributed by atoms with van der Waals surface area (Å²) in [7, 11) is -4.09. The van der Waals surface area contributed by atoms with Gasteiger partial charge in [0.05, 0.1) is 0 Å². The molecule has 0 amide bonds. The standard InChI is InChI=1S/C4H12NO3P/c1-3-4(2,5)9(6,7)8/h3,5H2,1-2H3,(H2,6,7,8). The summed E-state index contributed by atoms with van der Waals surface area (Å²) >= 11 is 0. The quantitative estimate of drug-likeness (QED) is 0.496. The number of hydrogen-bond donors (Lipinski definition) is 3. The molecule has 0 aromatic carbocycles. The predicted octanol–water partition coefficient (Wildman–Crippen LogP) is 0.249. The van der Waals surface area contributed by atoms with Crippen molar-refractivity contribution in [3.05, 3.63) is 0 Å². The Hall–Kier alpha value is 0.110. The summed E-state index contributed by atoms with van der Waals surface area (Å²) in [5.74, 6) is 0. The predicted molar refractivity (Wildman–Crippen MR) is 34.9 cm³/mol. The second kappa shape index (κ2) is 2.39. The second-order valence-corrected chi connectivity index (χ2v) is 4.36. The van der Waals surface area contributed by atoms with Gasteiger partial charge in [0.25, 0.3) is 0 Å². The summed E-state index contributed by atoms with van der Waals surface area (Å²) in [6, 6.07) is 0. The van der Waals surface area contributed by atoms with Gasteiger partial charge in [0, 0.05) is 0 Å². The topological polar surface area (TPSA) is 83.6 Å². The molecule has 0 aliphatic heterocycles. The van der Waals surface area contributed by atoms with Crippen LogP contribution in [0.25, 0.3) is 0 Å². The van der Waals surface area contributed by atoms with Gasteiger partial charge in [0.1, 0.15) is 5.28 Å². The Kier molecular flexibility index (Phi) is 2.41. The molecule has 1 unspecified atom stereocenters. The van der Waals surface area contributed by atoms with Gasteiger partial charge in [-0.3, -0.25) is 4.57 Å². The highest BCUT2D eigenvalue weighted by molar-refractivity contribution is 7.53. The minimum Gasteiger partial charge on any atom is -0.323 e. The van der Waals surface area contributed by atoms with Crippen LogP contribution in [0.15, 0.2) is 0 Å². The molecule has 0 aliphatic rings. The molecule has 4 nitrogen and oxygen atoms in total. The van der Waals surface area contributed by atoms with Crippen molar-refractivity contribution in [3.63, 3.8) is 0 Å². The maximum absolute atomic E-state index is 10.5. The van der Waals surface area contributed by atoms with E-state index in [-0.39, 0.29) is 6.42 Å². The van der Waals surface area contributed by atoms with Crippen molar-refractivity contribution in [2.45, 2.75) is 25.5 Å². The van der Waals surface area contributed by atoms with E-state index in [1.54, 1.807) is 6.92 Å². The highest BCUT2D eigenvalue weighted by Crippen LogP contribution is 2.48. The van der Waals surface area contributed by atoms with E-state index >= 15 is 0 Å². The lowest BCUT2D eigenvalue weighted by Gasteiger charge is -2.23. The highest BCUT2D eigenvalue weighted by atomic mass is 31.2. The van der Waals surface area contributed by atoms with Crippen LogP contribution < -0.4 is 5.73 Å². The molecule has 0 heterocycles. The SMILES string of the molecule is CCC(C)(N)P(=O)(O)O. The van der Waals surface area contributed by atoms with Crippen LogP contribution in [0.1, 0.15) is 20.3 Å². The first-order chi connectivity index (χ1) is 3.81. The smallest absolute Gasteiger partial charge is 0.323 e. The van der Waals surface area contributed by atoms with E-state index in [0.29, 0.717) is 0 Å². The third-order valence-electron chi connectivity index (χ3n) is 1.38. The van der Waals surface area contributed by atoms with Crippen molar-refractivity contribution in [1.82, 2.24) is 0 Å². The van der Waals surface area contributed by atoms with E-state index < -0.39 is 12.9 Å². The van der Waals surface area contributed by atoms with Crippen molar-refractivity contribution in [2.75, 3.05) is 0 Å². The fourth-order valence-corrected chi connectivity index (χ4v) is 0.618. The van der Waals surface area contributed by atoms with Gasteiger partial charge < -0.3 is 15.5 Å². The minimum atomic E-state index is -4.09. The summed E-state index contributed by atoms with van der Waals surface area (Å²) < 4.78 is 10.5. The Morgan fingerprint density at radius 2 is 2.00 bits per heavy atom. The Morgan fingerprint density at radius 3 is 2.00 bits per heavy atom. The van der Waals surface area contributed by atoms with Gasteiger partial charge in [0.15, 0.2) is 0 Å². The molecule has 0 saturated carbocycles. The van der Waals surface area contributed by atoms with Gasteiger partial charge in [0.2, 0.25) is 0 Å². The molecule has 0 aliphatic carbocycles. The normalized spacial score (nSPS) is 19.2. The van der Waals surface area contributed by atoms with E-state index in [4.69, 9.17) is 15.5 Å². The first kappa shape index (κ1) is 9.11. The van der Waals surface area contributed by atoms with Crippen LogP contribution in [-0.4, -0.2) is 15.1 Å². The number of hydrogen-bond acceptors (Lipinski definition) is 2. The third-order valence-corrected chi connectivity index (χ3v) is 3.03. The molecule has 56 valence electrons. The monoisotopic (exact) mass is 153 g/mol. The summed E-state index contributed by atoms with van der Waals surface area (Å²) in [5.41, 5.74) is 5.23. The van der Waals surface area contributed by atoms with Crippen LogP contribution >= 0.6 is 7.60 Å². The van der Waals surface area contributed by atoms with E-state index in [2.05, 4.69) is 0 Å². The van der Waals surface area contributed by atoms with Crippen LogP contribution in [0, 0.1) is 0 Å². The van der Waals surface area contributed by atoms with Crippen LogP contribution in [0.2, 0.25) is 0 Å². The molecule has 0 spiro atoms. The average Bonchev–Trinajstić information content (AvgIpc) is 1.64. The first-order valence-electron chi connectivity index (χ1n) is 2.66. The van der Waals surface area contributed by atoms with E-state index in [0.717, 1.165) is 0 Å². The van der Waals surface area contributed by atoms with Gasteiger partial charge in [-0.25, -0.2) is 0 Å². The zero-order valence-corrected chi connectivity index (χ0v) is 6.43. The van der Waals surface area contributed by atoms with Crippen molar-refractivity contribution in [1.29, 1.82) is 0 Å². The van der Waals surface area contributed by atoms with E-state index in [1.807, 2.05) is 0 Å². The van der Waals surface area contributed by atoms with Crippen molar-refractivity contribution in [3.8, 4) is 0 Å². The molecule has 0 aromatic heterocycles. The Balaban J connectivity index is 4.34. The van der Waals surface area contributed by atoms with Gasteiger partial charge in [-0.1, -0.05) is 6.92 Å². The summed E-state index contributed by atoms with van der Waals surface area (Å²) in [6.07, 6.45) is 0.275. The molecule has 5 heteroatoms. The van der Waals surface area contributed by atoms with Gasteiger partial charge in [-0.15, -0.1) is 0 Å². The summed E-state index contributed by atoms with van der Waals surface area (Å²) in [6.45, 7) is 2.98. The fourth-order valence-electron chi connectivity index (χ4n) is 0.206. The van der Waals surface area contributed by atoms with E-state index in [9.17, 15) is 4.57 Å². The number of rotatable bonds is 2. The van der Waals surface area contributed by atoms with Crippen molar-refractivity contribution < 1.29 is 14.4 Å². The molecule has 0 fully saturated rings. The van der Waals surface area contributed by atoms with Crippen LogP contribution in [0.4, 0.5) is 0 Å². The highest BCUT2D eigenvalue weighted by Gasteiger charge is 2.36. The average molecular weight is 153 g/mol. The fraction of sp³-hybridized carbons (Fsp3) is 1.00. The molecule has 0 saturated heterocycles. The molecule has 0 bridgehead atoms. The molecule has 4 N–H and O–H groups in total. The van der Waals surface area contributed by atoms with Crippen molar-refractivity contribution >= 4 is 7.60 Å². The Morgan fingerprint density at radius 1 is 1.67 bits per heavy atom. The molecule has 0 radical (unpaired) electrons. The second-order valence-electron chi connectivity index (χ2n) is 2.25. The van der Waals surface area contributed by atoms with Crippen LogP contribution in [-0.2, 0) is 4.57 Å². The lowest BCUT2D eigenvalue weighted by Crippen LogP contribution is -2.34. The zero-order valence-electron chi connectivity index (χ0n) is 5.53. The largest absolute Gasteiger partial charge is 0.344 e. The molecule has 0 aromatic rings. The zero-order chi connectivity index (χ0) is 7.71. The lowest BCUT2D eigenvalue weighted by atomic mass is 10.3. The first-order valence-corrected chi connectivity index (χ1v) is 4.27. The van der Waals surface area contributed by atoms with Crippen molar-refractivity contribution in [2.24, 2.45) is 5.73 Å². The maximum Gasteiger partial charge on any atom is 0.344 e. The maximum atomic E-state index is 10.5. The summed E-state index contributed by atoms with van der Waals surface area (Å²) in [5, 5.41) is -1.35. The van der Waals surface area contributed by atoms with Crippen LogP contribution in [0.5, 0.6) is 0 Å². The summed E-state index contributed by atoms with van der Waals surface area (Å²) in [4.78, 5) is 17.1. The van der Waals surface area contributed by atoms with Gasteiger partial charge >= 0.3 is 7.60 Å². The van der Waals surface area contributed by atoms with Crippen LogP contribution in [0.3, 0.4) is 0 Å². The molecule has 1 atom stereocenters. The number of nitrogens with two attached hydrogens (primary N) is 1.